The first kappa shape index (κ1) is 10.3. The number of oxazole rings is 1. The first-order valence-electron chi connectivity index (χ1n) is 4.78. The highest BCUT2D eigenvalue weighted by Crippen LogP contribution is 2.10. The second kappa shape index (κ2) is 4.55. The predicted octanol–water partition coefficient (Wildman–Crippen LogP) is 1.55. The third-order valence-corrected chi connectivity index (χ3v) is 2.85. The second-order valence-electron chi connectivity index (χ2n) is 3.52. The van der Waals surface area contributed by atoms with E-state index in [9.17, 15) is 0 Å². The van der Waals surface area contributed by atoms with E-state index in [0.717, 1.165) is 12.1 Å². The SMILES string of the molecule is Cc1coc(CC(N)Cc2cncs2)n1. The summed E-state index contributed by atoms with van der Waals surface area (Å²) in [6.07, 6.45) is 5.00. The molecule has 4 nitrogen and oxygen atoms in total. The highest BCUT2D eigenvalue weighted by Gasteiger charge is 2.10. The van der Waals surface area contributed by atoms with Crippen LogP contribution in [-0.4, -0.2) is 16.0 Å². The average molecular weight is 223 g/mol. The molecule has 0 aromatic carbocycles. The molecule has 2 heterocycles. The van der Waals surface area contributed by atoms with Gasteiger partial charge in [0, 0.05) is 23.5 Å². The summed E-state index contributed by atoms with van der Waals surface area (Å²) in [7, 11) is 0. The van der Waals surface area contributed by atoms with Crippen molar-refractivity contribution in [1.29, 1.82) is 0 Å². The Kier molecular flexibility index (Phi) is 3.13. The Hall–Kier alpha value is -1.20. The van der Waals surface area contributed by atoms with Crippen molar-refractivity contribution in [2.45, 2.75) is 25.8 Å². The molecule has 0 aliphatic carbocycles. The molecule has 0 bridgehead atoms. The molecule has 0 fully saturated rings. The van der Waals surface area contributed by atoms with Gasteiger partial charge in [0.2, 0.25) is 0 Å². The predicted molar refractivity (Wildman–Crippen MR) is 58.7 cm³/mol. The summed E-state index contributed by atoms with van der Waals surface area (Å²) in [5.74, 6) is 0.713. The Bertz CT molecular complexity index is 410. The van der Waals surface area contributed by atoms with E-state index >= 15 is 0 Å². The fourth-order valence-corrected chi connectivity index (χ4v) is 2.08. The normalized spacial score (nSPS) is 12.9. The Morgan fingerprint density at radius 1 is 1.53 bits per heavy atom. The molecule has 0 saturated carbocycles. The summed E-state index contributed by atoms with van der Waals surface area (Å²) in [6, 6.07) is 0.0449. The molecule has 0 spiro atoms. The maximum Gasteiger partial charge on any atom is 0.195 e. The van der Waals surface area contributed by atoms with Gasteiger partial charge in [0.1, 0.15) is 6.26 Å². The first-order valence-corrected chi connectivity index (χ1v) is 5.66. The molecule has 1 unspecified atom stereocenters. The molecule has 0 aliphatic rings. The molecule has 2 rings (SSSR count). The lowest BCUT2D eigenvalue weighted by Gasteiger charge is -2.06. The number of aromatic nitrogens is 2. The molecule has 80 valence electrons. The van der Waals surface area contributed by atoms with E-state index in [2.05, 4.69) is 9.97 Å². The lowest BCUT2D eigenvalue weighted by Crippen LogP contribution is -2.25. The van der Waals surface area contributed by atoms with Gasteiger partial charge in [0.25, 0.3) is 0 Å². The summed E-state index contributed by atoms with van der Waals surface area (Å²) in [6.45, 7) is 1.90. The van der Waals surface area contributed by atoms with E-state index in [1.54, 1.807) is 17.6 Å². The topological polar surface area (TPSA) is 64.9 Å². The number of thiazole rings is 1. The van der Waals surface area contributed by atoms with Crippen LogP contribution in [0.3, 0.4) is 0 Å². The minimum Gasteiger partial charge on any atom is -0.449 e. The molecule has 0 amide bonds. The van der Waals surface area contributed by atoms with Crippen molar-refractivity contribution in [2.24, 2.45) is 5.73 Å². The minimum atomic E-state index is 0.0449. The third-order valence-electron chi connectivity index (χ3n) is 2.05. The van der Waals surface area contributed by atoms with Crippen LogP contribution in [0.25, 0.3) is 0 Å². The third kappa shape index (κ3) is 2.87. The van der Waals surface area contributed by atoms with Crippen molar-refractivity contribution in [3.8, 4) is 0 Å². The van der Waals surface area contributed by atoms with Crippen molar-refractivity contribution < 1.29 is 4.42 Å². The van der Waals surface area contributed by atoms with E-state index in [0.29, 0.717) is 12.3 Å². The molecule has 5 heteroatoms. The largest absolute Gasteiger partial charge is 0.449 e. The van der Waals surface area contributed by atoms with Gasteiger partial charge >= 0.3 is 0 Å². The average Bonchev–Trinajstić information content (AvgIpc) is 2.77. The maximum atomic E-state index is 5.99. The van der Waals surface area contributed by atoms with Gasteiger partial charge in [-0.1, -0.05) is 0 Å². The zero-order chi connectivity index (χ0) is 10.7. The molecule has 2 aromatic rings. The Morgan fingerprint density at radius 2 is 2.40 bits per heavy atom. The van der Waals surface area contributed by atoms with Gasteiger partial charge in [-0.3, -0.25) is 4.98 Å². The molecule has 1 atom stereocenters. The Balaban J connectivity index is 1.90. The Morgan fingerprint density at radius 3 is 3.00 bits per heavy atom. The maximum absolute atomic E-state index is 5.99. The standard InChI is InChI=1S/C10H13N3OS/c1-7-5-14-10(13-7)3-8(11)2-9-4-12-6-15-9/h4-6,8H,2-3,11H2,1H3. The van der Waals surface area contributed by atoms with Crippen LogP contribution in [-0.2, 0) is 12.8 Å². The van der Waals surface area contributed by atoms with Crippen molar-refractivity contribution in [3.63, 3.8) is 0 Å². The zero-order valence-electron chi connectivity index (χ0n) is 8.51. The summed E-state index contributed by atoms with van der Waals surface area (Å²) >= 11 is 1.62. The lowest BCUT2D eigenvalue weighted by atomic mass is 10.1. The minimum absolute atomic E-state index is 0.0449. The van der Waals surface area contributed by atoms with E-state index < -0.39 is 0 Å². The van der Waals surface area contributed by atoms with Gasteiger partial charge in [0.05, 0.1) is 11.2 Å². The second-order valence-corrected chi connectivity index (χ2v) is 4.49. The van der Waals surface area contributed by atoms with Gasteiger partial charge in [-0.2, -0.15) is 0 Å². The molecular formula is C10H13N3OS. The molecule has 0 saturated heterocycles. The van der Waals surface area contributed by atoms with Crippen LogP contribution in [0.5, 0.6) is 0 Å². The van der Waals surface area contributed by atoms with Gasteiger partial charge in [-0.15, -0.1) is 11.3 Å². The van der Waals surface area contributed by atoms with Crippen molar-refractivity contribution in [2.75, 3.05) is 0 Å². The van der Waals surface area contributed by atoms with Crippen molar-refractivity contribution in [3.05, 3.63) is 34.4 Å². The van der Waals surface area contributed by atoms with E-state index in [4.69, 9.17) is 10.2 Å². The van der Waals surface area contributed by atoms with Crippen LogP contribution in [0.2, 0.25) is 0 Å². The molecular weight excluding hydrogens is 210 g/mol. The highest BCUT2D eigenvalue weighted by atomic mass is 32.1. The number of nitrogens with two attached hydrogens (primary N) is 1. The van der Waals surface area contributed by atoms with Gasteiger partial charge in [0.15, 0.2) is 5.89 Å². The summed E-state index contributed by atoms with van der Waals surface area (Å²) in [5.41, 5.74) is 8.70. The van der Waals surface area contributed by atoms with Gasteiger partial charge in [-0.25, -0.2) is 4.98 Å². The van der Waals surface area contributed by atoms with Crippen LogP contribution in [0.4, 0.5) is 0 Å². The van der Waals surface area contributed by atoms with E-state index in [-0.39, 0.29) is 6.04 Å². The highest BCUT2D eigenvalue weighted by molar-refractivity contribution is 7.09. The fourth-order valence-electron chi connectivity index (χ4n) is 1.39. The molecule has 2 N–H and O–H groups in total. The van der Waals surface area contributed by atoms with Crippen LogP contribution < -0.4 is 5.73 Å². The quantitative estimate of drug-likeness (QED) is 0.854. The number of hydrogen-bond donors (Lipinski definition) is 1. The smallest absolute Gasteiger partial charge is 0.195 e. The van der Waals surface area contributed by atoms with E-state index in [1.165, 1.54) is 4.88 Å². The van der Waals surface area contributed by atoms with Crippen LogP contribution in [0, 0.1) is 6.92 Å². The monoisotopic (exact) mass is 223 g/mol. The zero-order valence-corrected chi connectivity index (χ0v) is 9.33. The van der Waals surface area contributed by atoms with Crippen LogP contribution >= 0.6 is 11.3 Å². The number of rotatable bonds is 4. The van der Waals surface area contributed by atoms with Crippen LogP contribution in [0.15, 0.2) is 22.4 Å². The van der Waals surface area contributed by atoms with Crippen LogP contribution in [0.1, 0.15) is 16.5 Å². The van der Waals surface area contributed by atoms with Gasteiger partial charge in [-0.05, 0) is 13.3 Å². The van der Waals surface area contributed by atoms with Crippen molar-refractivity contribution in [1.82, 2.24) is 9.97 Å². The number of aryl methyl sites for hydroxylation is 1. The molecule has 0 radical (unpaired) electrons. The summed E-state index contributed by atoms with van der Waals surface area (Å²) in [4.78, 5) is 9.43. The molecule has 0 aliphatic heterocycles. The number of nitrogens with zero attached hydrogens (tertiary/aromatic N) is 2. The summed E-state index contributed by atoms with van der Waals surface area (Å²) in [5, 5.41) is 0. The van der Waals surface area contributed by atoms with Gasteiger partial charge < -0.3 is 10.2 Å². The number of hydrogen-bond acceptors (Lipinski definition) is 5. The first-order chi connectivity index (χ1) is 7.24. The van der Waals surface area contributed by atoms with E-state index in [1.807, 2.05) is 18.6 Å². The molecule has 2 aromatic heterocycles. The molecule has 15 heavy (non-hydrogen) atoms. The summed E-state index contributed by atoms with van der Waals surface area (Å²) < 4.78 is 5.25. The fraction of sp³-hybridized carbons (Fsp3) is 0.400. The lowest BCUT2D eigenvalue weighted by molar-refractivity contribution is 0.469. The Labute approximate surface area is 92.2 Å². The van der Waals surface area contributed by atoms with Crippen molar-refractivity contribution >= 4 is 11.3 Å².